The topological polar surface area (TPSA) is 50.2 Å². The van der Waals surface area contributed by atoms with Gasteiger partial charge in [0.1, 0.15) is 0 Å². The first-order valence-corrected chi connectivity index (χ1v) is 4.44. The Labute approximate surface area is 76.4 Å². The summed E-state index contributed by atoms with van der Waals surface area (Å²) in [7, 11) is 0. The second-order valence-corrected chi connectivity index (χ2v) is 3.45. The molecule has 1 aromatic heterocycles. The molecular weight excluding hydrogens is 166 g/mol. The molecule has 0 radical (unpaired) electrons. The minimum Gasteiger partial charge on any atom is -0.478 e. The Morgan fingerprint density at radius 3 is 3.00 bits per heavy atom. The first kappa shape index (κ1) is 8.23. The summed E-state index contributed by atoms with van der Waals surface area (Å²) in [6, 6.07) is 3.28. The third-order valence-electron chi connectivity index (χ3n) is 2.30. The van der Waals surface area contributed by atoms with Gasteiger partial charge in [-0.2, -0.15) is 0 Å². The standard InChI is InChI=1S/C10H11NO2/c12-10(13)8-2-1-5-11-9(8)6-7-3-4-7/h1-2,5,7H,3-4,6H2,(H,12,13). The van der Waals surface area contributed by atoms with Crippen LogP contribution in [0, 0.1) is 5.92 Å². The van der Waals surface area contributed by atoms with E-state index < -0.39 is 5.97 Å². The lowest BCUT2D eigenvalue weighted by Gasteiger charge is -2.02. The van der Waals surface area contributed by atoms with Gasteiger partial charge in [-0.3, -0.25) is 4.98 Å². The molecule has 1 aliphatic rings. The minimum absolute atomic E-state index is 0.356. The molecule has 0 aromatic carbocycles. The molecule has 0 amide bonds. The summed E-state index contributed by atoms with van der Waals surface area (Å²) in [6.45, 7) is 0. The maximum Gasteiger partial charge on any atom is 0.337 e. The van der Waals surface area contributed by atoms with Crippen molar-refractivity contribution in [3.05, 3.63) is 29.6 Å². The number of aromatic nitrogens is 1. The molecule has 1 heterocycles. The summed E-state index contributed by atoms with van der Waals surface area (Å²) in [5.74, 6) is -0.197. The quantitative estimate of drug-likeness (QED) is 0.764. The van der Waals surface area contributed by atoms with Crippen molar-refractivity contribution in [2.24, 2.45) is 5.92 Å². The van der Waals surface area contributed by atoms with Crippen molar-refractivity contribution in [2.75, 3.05) is 0 Å². The molecule has 1 aliphatic carbocycles. The van der Waals surface area contributed by atoms with Crippen LogP contribution in [0.2, 0.25) is 0 Å². The highest BCUT2D eigenvalue weighted by atomic mass is 16.4. The average Bonchev–Trinajstić information content (AvgIpc) is 2.89. The Kier molecular flexibility index (Phi) is 2.00. The molecule has 1 aromatic rings. The average molecular weight is 177 g/mol. The molecule has 3 nitrogen and oxygen atoms in total. The van der Waals surface area contributed by atoms with Gasteiger partial charge in [0.2, 0.25) is 0 Å². The molecule has 0 aliphatic heterocycles. The summed E-state index contributed by atoms with van der Waals surface area (Å²) < 4.78 is 0. The zero-order valence-electron chi connectivity index (χ0n) is 7.23. The lowest BCUT2D eigenvalue weighted by Crippen LogP contribution is -2.05. The van der Waals surface area contributed by atoms with Gasteiger partial charge < -0.3 is 5.11 Å². The number of carboxylic acid groups (broad SMARTS) is 1. The Morgan fingerprint density at radius 2 is 2.38 bits per heavy atom. The van der Waals surface area contributed by atoms with Gasteiger partial charge in [-0.15, -0.1) is 0 Å². The van der Waals surface area contributed by atoms with Crippen LogP contribution in [-0.2, 0) is 6.42 Å². The van der Waals surface area contributed by atoms with Crippen LogP contribution in [0.1, 0.15) is 28.9 Å². The Bertz CT molecular complexity index is 331. The minimum atomic E-state index is -0.872. The van der Waals surface area contributed by atoms with Gasteiger partial charge in [-0.1, -0.05) is 0 Å². The molecule has 0 spiro atoms. The van der Waals surface area contributed by atoms with Crippen molar-refractivity contribution >= 4 is 5.97 Å². The maximum absolute atomic E-state index is 10.8. The second kappa shape index (κ2) is 3.17. The van der Waals surface area contributed by atoms with E-state index in [-0.39, 0.29) is 0 Å². The number of nitrogens with zero attached hydrogens (tertiary/aromatic N) is 1. The number of aromatic carboxylic acids is 1. The molecule has 0 bridgehead atoms. The van der Waals surface area contributed by atoms with Gasteiger partial charge in [0.15, 0.2) is 0 Å². The molecule has 1 saturated carbocycles. The molecular formula is C10H11NO2. The van der Waals surface area contributed by atoms with E-state index in [9.17, 15) is 4.79 Å². The lowest BCUT2D eigenvalue weighted by atomic mass is 10.1. The fourth-order valence-electron chi connectivity index (χ4n) is 1.39. The SMILES string of the molecule is O=C(O)c1cccnc1CC1CC1. The number of rotatable bonds is 3. The lowest BCUT2D eigenvalue weighted by molar-refractivity contribution is 0.0695. The first-order chi connectivity index (χ1) is 6.27. The third-order valence-corrected chi connectivity index (χ3v) is 2.30. The molecule has 0 unspecified atom stereocenters. The van der Waals surface area contributed by atoms with Gasteiger partial charge >= 0.3 is 5.97 Å². The first-order valence-electron chi connectivity index (χ1n) is 4.44. The van der Waals surface area contributed by atoms with Crippen LogP contribution in [0.5, 0.6) is 0 Å². The van der Waals surface area contributed by atoms with E-state index in [1.54, 1.807) is 18.3 Å². The van der Waals surface area contributed by atoms with Crippen LogP contribution in [-0.4, -0.2) is 16.1 Å². The Morgan fingerprint density at radius 1 is 1.62 bits per heavy atom. The van der Waals surface area contributed by atoms with E-state index in [1.165, 1.54) is 12.8 Å². The molecule has 68 valence electrons. The molecule has 0 saturated heterocycles. The second-order valence-electron chi connectivity index (χ2n) is 3.45. The van der Waals surface area contributed by atoms with Gasteiger partial charge in [0.05, 0.1) is 11.3 Å². The van der Waals surface area contributed by atoms with Gasteiger partial charge in [0.25, 0.3) is 0 Å². The van der Waals surface area contributed by atoms with Crippen molar-refractivity contribution in [3.8, 4) is 0 Å². The van der Waals surface area contributed by atoms with Gasteiger partial charge in [0, 0.05) is 6.20 Å². The number of hydrogen-bond acceptors (Lipinski definition) is 2. The molecule has 3 heteroatoms. The summed E-state index contributed by atoms with van der Waals surface area (Å²) in [4.78, 5) is 14.9. The van der Waals surface area contributed by atoms with Crippen molar-refractivity contribution < 1.29 is 9.90 Å². The molecule has 13 heavy (non-hydrogen) atoms. The van der Waals surface area contributed by atoms with E-state index in [2.05, 4.69) is 4.98 Å². The maximum atomic E-state index is 10.8. The summed E-state index contributed by atoms with van der Waals surface area (Å²) in [6.07, 6.45) is 4.91. The number of carbonyl (C=O) groups is 1. The highest BCUT2D eigenvalue weighted by molar-refractivity contribution is 5.88. The molecule has 1 fully saturated rings. The fourth-order valence-corrected chi connectivity index (χ4v) is 1.39. The predicted octanol–water partition coefficient (Wildman–Crippen LogP) is 1.73. The van der Waals surface area contributed by atoms with Crippen molar-refractivity contribution in [1.29, 1.82) is 0 Å². The fraction of sp³-hybridized carbons (Fsp3) is 0.400. The normalized spacial score (nSPS) is 15.7. The van der Waals surface area contributed by atoms with E-state index in [4.69, 9.17) is 5.11 Å². The number of pyridine rings is 1. The molecule has 0 atom stereocenters. The summed E-state index contributed by atoms with van der Waals surface area (Å²) >= 11 is 0. The predicted molar refractivity (Wildman–Crippen MR) is 47.6 cm³/mol. The third kappa shape index (κ3) is 1.86. The van der Waals surface area contributed by atoms with Crippen LogP contribution < -0.4 is 0 Å². The van der Waals surface area contributed by atoms with Crippen molar-refractivity contribution in [1.82, 2.24) is 4.98 Å². The van der Waals surface area contributed by atoms with Crippen LogP contribution >= 0.6 is 0 Å². The number of carboxylic acids is 1. The van der Waals surface area contributed by atoms with Gasteiger partial charge in [-0.05, 0) is 37.3 Å². The largest absolute Gasteiger partial charge is 0.478 e. The summed E-state index contributed by atoms with van der Waals surface area (Å²) in [5, 5.41) is 8.86. The summed E-state index contributed by atoms with van der Waals surface area (Å²) in [5.41, 5.74) is 1.09. The van der Waals surface area contributed by atoms with Crippen LogP contribution in [0.25, 0.3) is 0 Å². The Balaban J connectivity index is 2.25. The highest BCUT2D eigenvalue weighted by Gasteiger charge is 2.24. The van der Waals surface area contributed by atoms with Crippen LogP contribution in [0.15, 0.2) is 18.3 Å². The van der Waals surface area contributed by atoms with Crippen LogP contribution in [0.4, 0.5) is 0 Å². The smallest absolute Gasteiger partial charge is 0.337 e. The van der Waals surface area contributed by atoms with E-state index in [0.717, 1.165) is 12.1 Å². The molecule has 1 N–H and O–H groups in total. The van der Waals surface area contributed by atoms with E-state index in [0.29, 0.717) is 11.5 Å². The van der Waals surface area contributed by atoms with E-state index >= 15 is 0 Å². The van der Waals surface area contributed by atoms with E-state index in [1.807, 2.05) is 0 Å². The zero-order valence-corrected chi connectivity index (χ0v) is 7.23. The highest BCUT2D eigenvalue weighted by Crippen LogP contribution is 2.32. The zero-order chi connectivity index (χ0) is 9.26. The van der Waals surface area contributed by atoms with Crippen LogP contribution in [0.3, 0.4) is 0 Å². The monoisotopic (exact) mass is 177 g/mol. The Hall–Kier alpha value is -1.38. The van der Waals surface area contributed by atoms with Gasteiger partial charge in [-0.25, -0.2) is 4.79 Å². The van der Waals surface area contributed by atoms with Crippen molar-refractivity contribution in [2.45, 2.75) is 19.3 Å². The molecule has 2 rings (SSSR count). The van der Waals surface area contributed by atoms with Crippen molar-refractivity contribution in [3.63, 3.8) is 0 Å². The number of hydrogen-bond donors (Lipinski definition) is 1.